The quantitative estimate of drug-likeness (QED) is 0.630. The van der Waals surface area contributed by atoms with E-state index in [1.54, 1.807) is 53.3 Å². The highest BCUT2D eigenvalue weighted by atomic mass is 32.1. The van der Waals surface area contributed by atoms with Crippen molar-refractivity contribution in [3.63, 3.8) is 0 Å². The van der Waals surface area contributed by atoms with E-state index in [1.165, 1.54) is 11.0 Å². The predicted molar refractivity (Wildman–Crippen MR) is 119 cm³/mol. The number of carbonyl (C=O) groups excluding carboxylic acids is 2. The maximum absolute atomic E-state index is 12.8. The predicted octanol–water partition coefficient (Wildman–Crippen LogP) is 2.59. The molecule has 0 saturated heterocycles. The topological polar surface area (TPSA) is 106 Å². The van der Waals surface area contributed by atoms with Gasteiger partial charge in [0, 0.05) is 25.7 Å². The molecule has 1 atom stereocenters. The molecule has 10 heteroatoms. The van der Waals surface area contributed by atoms with Crippen molar-refractivity contribution in [1.29, 1.82) is 0 Å². The molecule has 0 bridgehead atoms. The van der Waals surface area contributed by atoms with E-state index in [0.29, 0.717) is 27.1 Å². The molecule has 0 spiro atoms. The van der Waals surface area contributed by atoms with Crippen LogP contribution >= 0.6 is 11.3 Å². The number of methoxy groups -OCH3 is 1. The van der Waals surface area contributed by atoms with Crippen molar-refractivity contribution in [2.45, 2.75) is 19.9 Å². The largest absolute Gasteiger partial charge is 0.497 e. The number of aryl methyl sites for hydroxylation is 1. The van der Waals surface area contributed by atoms with Gasteiger partial charge in [-0.25, -0.2) is 9.67 Å². The fourth-order valence-electron chi connectivity index (χ4n) is 2.79. The molecule has 1 unspecified atom stereocenters. The van der Waals surface area contributed by atoms with Crippen LogP contribution in [0.3, 0.4) is 0 Å². The van der Waals surface area contributed by atoms with Gasteiger partial charge in [0.25, 0.3) is 17.4 Å². The van der Waals surface area contributed by atoms with Crippen LogP contribution in [0.2, 0.25) is 0 Å². The molecule has 3 rings (SSSR count). The molecule has 0 fully saturated rings. The summed E-state index contributed by atoms with van der Waals surface area (Å²) in [5.74, 6) is 0.0587. The van der Waals surface area contributed by atoms with Crippen LogP contribution in [0.4, 0.5) is 5.13 Å². The SMILES string of the molecule is COc1ccc(-c2ccc(=O)n(C(C)C(=O)Nc3nc(C)c(C(=O)N(C)C)s3)n2)cc1. The van der Waals surface area contributed by atoms with Crippen LogP contribution in [0, 0.1) is 6.92 Å². The number of anilines is 1. The summed E-state index contributed by atoms with van der Waals surface area (Å²) >= 11 is 1.09. The second kappa shape index (κ2) is 9.09. The minimum atomic E-state index is -0.886. The molecule has 2 aromatic heterocycles. The van der Waals surface area contributed by atoms with Crippen LogP contribution in [0.1, 0.15) is 28.3 Å². The molecular formula is C21H23N5O4S. The number of nitrogens with zero attached hydrogens (tertiary/aromatic N) is 4. The summed E-state index contributed by atoms with van der Waals surface area (Å²) < 4.78 is 6.28. The van der Waals surface area contributed by atoms with Crippen molar-refractivity contribution < 1.29 is 14.3 Å². The van der Waals surface area contributed by atoms with Crippen LogP contribution in [-0.4, -0.2) is 52.7 Å². The molecule has 2 heterocycles. The lowest BCUT2D eigenvalue weighted by atomic mass is 10.1. The van der Waals surface area contributed by atoms with Gasteiger partial charge >= 0.3 is 0 Å². The summed E-state index contributed by atoms with van der Waals surface area (Å²) in [6, 6.07) is 9.32. The molecule has 31 heavy (non-hydrogen) atoms. The molecule has 0 aliphatic carbocycles. The van der Waals surface area contributed by atoms with Crippen LogP contribution in [0.5, 0.6) is 5.75 Å². The lowest BCUT2D eigenvalue weighted by Gasteiger charge is -2.14. The van der Waals surface area contributed by atoms with Gasteiger partial charge in [0.2, 0.25) is 0 Å². The van der Waals surface area contributed by atoms with Gasteiger partial charge in [0.1, 0.15) is 16.7 Å². The number of ether oxygens (including phenoxy) is 1. The minimum Gasteiger partial charge on any atom is -0.497 e. The van der Waals surface area contributed by atoms with E-state index >= 15 is 0 Å². The highest BCUT2D eigenvalue weighted by molar-refractivity contribution is 7.17. The Balaban J connectivity index is 1.83. The van der Waals surface area contributed by atoms with Crippen molar-refractivity contribution in [2.75, 3.05) is 26.5 Å². The zero-order valence-electron chi connectivity index (χ0n) is 17.9. The fraction of sp³-hybridized carbons (Fsp3) is 0.286. The second-order valence-corrected chi connectivity index (χ2v) is 8.03. The minimum absolute atomic E-state index is 0.186. The van der Waals surface area contributed by atoms with Crippen molar-refractivity contribution in [1.82, 2.24) is 19.7 Å². The summed E-state index contributed by atoms with van der Waals surface area (Å²) in [5, 5.41) is 7.33. The van der Waals surface area contributed by atoms with Crippen LogP contribution in [0.15, 0.2) is 41.2 Å². The number of aromatic nitrogens is 3. The Morgan fingerprint density at radius 1 is 1.16 bits per heavy atom. The van der Waals surface area contributed by atoms with E-state index in [2.05, 4.69) is 15.4 Å². The van der Waals surface area contributed by atoms with Gasteiger partial charge in [-0.15, -0.1) is 0 Å². The van der Waals surface area contributed by atoms with Crippen LogP contribution in [-0.2, 0) is 4.79 Å². The molecule has 3 aromatic rings. The molecule has 0 aliphatic rings. The van der Waals surface area contributed by atoms with Gasteiger partial charge in [-0.1, -0.05) is 11.3 Å². The van der Waals surface area contributed by atoms with E-state index < -0.39 is 17.5 Å². The van der Waals surface area contributed by atoms with Crippen LogP contribution in [0.25, 0.3) is 11.3 Å². The number of rotatable bonds is 6. The third kappa shape index (κ3) is 4.80. The van der Waals surface area contributed by atoms with Crippen molar-refractivity contribution in [3.8, 4) is 17.0 Å². The summed E-state index contributed by atoms with van der Waals surface area (Å²) in [4.78, 5) is 43.5. The molecular weight excluding hydrogens is 418 g/mol. The Morgan fingerprint density at radius 2 is 1.84 bits per heavy atom. The fourth-order valence-corrected chi connectivity index (χ4v) is 3.78. The highest BCUT2D eigenvalue weighted by Gasteiger charge is 2.22. The number of benzene rings is 1. The normalized spacial score (nSPS) is 11.6. The molecule has 162 valence electrons. The number of hydrogen-bond acceptors (Lipinski definition) is 7. The molecule has 0 aliphatic heterocycles. The van der Waals surface area contributed by atoms with Gasteiger partial charge in [0.05, 0.1) is 18.5 Å². The smallest absolute Gasteiger partial charge is 0.267 e. The van der Waals surface area contributed by atoms with Crippen molar-refractivity contribution in [2.24, 2.45) is 0 Å². The van der Waals surface area contributed by atoms with Gasteiger partial charge < -0.3 is 15.0 Å². The zero-order valence-corrected chi connectivity index (χ0v) is 18.7. The Kier molecular flexibility index (Phi) is 6.50. The molecule has 9 nitrogen and oxygen atoms in total. The van der Waals surface area contributed by atoms with Gasteiger partial charge in [-0.3, -0.25) is 14.4 Å². The number of thiazole rings is 1. The molecule has 1 aromatic carbocycles. The summed E-state index contributed by atoms with van der Waals surface area (Å²) in [7, 11) is 4.88. The maximum Gasteiger partial charge on any atom is 0.267 e. The lowest BCUT2D eigenvalue weighted by molar-refractivity contribution is -0.119. The summed E-state index contributed by atoms with van der Waals surface area (Å²) in [6.07, 6.45) is 0. The summed E-state index contributed by atoms with van der Waals surface area (Å²) in [5.41, 5.74) is 1.46. The molecule has 1 N–H and O–H groups in total. The van der Waals surface area contributed by atoms with E-state index in [0.717, 1.165) is 21.6 Å². The van der Waals surface area contributed by atoms with Crippen LogP contribution < -0.4 is 15.6 Å². The Bertz CT molecular complexity index is 1170. The number of hydrogen-bond donors (Lipinski definition) is 1. The van der Waals surface area contributed by atoms with Gasteiger partial charge in [0.15, 0.2) is 5.13 Å². The van der Waals surface area contributed by atoms with E-state index in [1.807, 2.05) is 12.1 Å². The number of carbonyl (C=O) groups is 2. The Labute approximate surface area is 183 Å². The lowest BCUT2D eigenvalue weighted by Crippen LogP contribution is -2.33. The third-order valence-electron chi connectivity index (χ3n) is 4.58. The van der Waals surface area contributed by atoms with E-state index in [-0.39, 0.29) is 5.91 Å². The maximum atomic E-state index is 12.8. The van der Waals surface area contributed by atoms with Crippen molar-refractivity contribution >= 4 is 28.3 Å². The number of nitrogens with one attached hydrogen (secondary N) is 1. The van der Waals surface area contributed by atoms with E-state index in [4.69, 9.17) is 4.74 Å². The zero-order chi connectivity index (χ0) is 22.7. The monoisotopic (exact) mass is 441 g/mol. The van der Waals surface area contributed by atoms with Crippen molar-refractivity contribution in [3.05, 3.63) is 57.3 Å². The first-order valence-electron chi connectivity index (χ1n) is 9.45. The second-order valence-electron chi connectivity index (χ2n) is 7.03. The first kappa shape index (κ1) is 22.2. The standard InChI is InChI=1S/C21H23N5O4S/c1-12-18(20(29)25(3)4)31-21(22-12)23-19(28)13(2)26-17(27)11-10-16(24-26)14-6-8-15(30-5)9-7-14/h6-11,13H,1-5H3,(H,22,23,28). The third-order valence-corrected chi connectivity index (χ3v) is 5.65. The number of amides is 2. The molecule has 2 amide bonds. The van der Waals surface area contributed by atoms with Gasteiger partial charge in [-0.05, 0) is 44.2 Å². The first-order valence-corrected chi connectivity index (χ1v) is 10.3. The molecule has 0 saturated carbocycles. The summed E-state index contributed by atoms with van der Waals surface area (Å²) in [6.45, 7) is 3.28. The van der Waals surface area contributed by atoms with Gasteiger partial charge in [-0.2, -0.15) is 5.10 Å². The van der Waals surface area contributed by atoms with E-state index in [9.17, 15) is 14.4 Å². The first-order chi connectivity index (χ1) is 14.7. The molecule has 0 radical (unpaired) electrons. The average molecular weight is 442 g/mol. The Morgan fingerprint density at radius 3 is 2.45 bits per heavy atom. The average Bonchev–Trinajstić information content (AvgIpc) is 3.12. The highest BCUT2D eigenvalue weighted by Crippen LogP contribution is 2.24. The Hall–Kier alpha value is -3.53.